The van der Waals surface area contributed by atoms with Crippen LogP contribution in [0.3, 0.4) is 0 Å². The van der Waals surface area contributed by atoms with Crippen LogP contribution in [0.5, 0.6) is 5.75 Å². The van der Waals surface area contributed by atoms with Crippen molar-refractivity contribution in [3.63, 3.8) is 0 Å². The van der Waals surface area contributed by atoms with Crippen molar-refractivity contribution in [1.29, 1.82) is 0 Å². The van der Waals surface area contributed by atoms with Gasteiger partial charge < -0.3 is 19.7 Å². The minimum Gasteiger partial charge on any atom is -0.484 e. The van der Waals surface area contributed by atoms with Gasteiger partial charge in [0.15, 0.2) is 6.61 Å². The lowest BCUT2D eigenvalue weighted by atomic mass is 10.0. The van der Waals surface area contributed by atoms with Crippen molar-refractivity contribution in [3.05, 3.63) is 102 Å². The Kier molecular flexibility index (Phi) is 10.3. The molecule has 1 N–H and O–H groups in total. The highest BCUT2D eigenvalue weighted by atomic mass is 16.5. The van der Waals surface area contributed by atoms with Gasteiger partial charge >= 0.3 is 0 Å². The Bertz CT molecular complexity index is 1030. The van der Waals surface area contributed by atoms with Gasteiger partial charge in [-0.15, -0.1) is 0 Å². The lowest BCUT2D eigenvalue weighted by Gasteiger charge is -2.31. The monoisotopic (exact) mass is 474 g/mol. The average Bonchev–Trinajstić information content (AvgIpc) is 2.88. The van der Waals surface area contributed by atoms with Gasteiger partial charge in [-0.05, 0) is 43.5 Å². The predicted molar refractivity (Wildman–Crippen MR) is 137 cm³/mol. The SMILES string of the molecule is CC(C)OCCCNC(=O)[C@H](c1ccccc1)N(Cc1ccccc1)C(=O)COc1ccccc1. The summed E-state index contributed by atoms with van der Waals surface area (Å²) in [5.74, 6) is 0.0981. The zero-order valence-electron chi connectivity index (χ0n) is 20.4. The highest BCUT2D eigenvalue weighted by Crippen LogP contribution is 2.24. The van der Waals surface area contributed by atoms with Crippen LogP contribution in [0.4, 0.5) is 0 Å². The summed E-state index contributed by atoms with van der Waals surface area (Å²) in [7, 11) is 0. The van der Waals surface area contributed by atoms with Gasteiger partial charge in [0.2, 0.25) is 5.91 Å². The number of hydrogen-bond donors (Lipinski definition) is 1. The molecule has 0 aliphatic rings. The number of para-hydroxylation sites is 1. The molecule has 1 atom stereocenters. The number of benzene rings is 3. The number of amides is 2. The van der Waals surface area contributed by atoms with Crippen molar-refractivity contribution in [3.8, 4) is 5.75 Å². The van der Waals surface area contributed by atoms with E-state index < -0.39 is 6.04 Å². The molecule has 0 bridgehead atoms. The van der Waals surface area contributed by atoms with Crippen molar-refractivity contribution in [1.82, 2.24) is 10.2 Å². The van der Waals surface area contributed by atoms with Crippen molar-refractivity contribution in [2.24, 2.45) is 0 Å². The van der Waals surface area contributed by atoms with E-state index in [9.17, 15) is 9.59 Å². The van der Waals surface area contributed by atoms with Crippen molar-refractivity contribution in [2.45, 2.75) is 39.0 Å². The molecular weight excluding hydrogens is 440 g/mol. The quantitative estimate of drug-likeness (QED) is 0.363. The van der Waals surface area contributed by atoms with E-state index in [-0.39, 0.29) is 31.1 Å². The smallest absolute Gasteiger partial charge is 0.261 e. The van der Waals surface area contributed by atoms with E-state index in [1.165, 1.54) is 0 Å². The molecule has 0 saturated carbocycles. The van der Waals surface area contributed by atoms with Crippen LogP contribution in [0.15, 0.2) is 91.0 Å². The number of carbonyl (C=O) groups excluding carboxylic acids is 2. The maximum atomic E-state index is 13.5. The summed E-state index contributed by atoms with van der Waals surface area (Å²) in [4.78, 5) is 28.5. The third kappa shape index (κ3) is 8.58. The van der Waals surface area contributed by atoms with E-state index in [0.717, 1.165) is 11.1 Å². The van der Waals surface area contributed by atoms with Crippen LogP contribution >= 0.6 is 0 Å². The molecule has 0 saturated heterocycles. The van der Waals surface area contributed by atoms with Gasteiger partial charge in [0.25, 0.3) is 5.91 Å². The molecular formula is C29H34N2O4. The van der Waals surface area contributed by atoms with Crippen molar-refractivity contribution in [2.75, 3.05) is 19.8 Å². The Morgan fingerprint density at radius 2 is 1.46 bits per heavy atom. The maximum absolute atomic E-state index is 13.5. The first-order valence-electron chi connectivity index (χ1n) is 12.0. The normalized spacial score (nSPS) is 11.6. The molecule has 0 heterocycles. The molecule has 0 aliphatic carbocycles. The topological polar surface area (TPSA) is 67.9 Å². The van der Waals surface area contributed by atoms with Gasteiger partial charge in [0.1, 0.15) is 11.8 Å². The van der Waals surface area contributed by atoms with Crippen molar-refractivity contribution < 1.29 is 19.1 Å². The number of carbonyl (C=O) groups is 2. The Hall–Kier alpha value is -3.64. The molecule has 184 valence electrons. The van der Waals surface area contributed by atoms with E-state index in [1.54, 1.807) is 17.0 Å². The number of hydrogen-bond acceptors (Lipinski definition) is 4. The van der Waals surface area contributed by atoms with Crippen LogP contribution in [0.1, 0.15) is 37.4 Å². The average molecular weight is 475 g/mol. The highest BCUT2D eigenvalue weighted by molar-refractivity contribution is 5.89. The number of nitrogens with zero attached hydrogens (tertiary/aromatic N) is 1. The Morgan fingerprint density at radius 1 is 0.857 bits per heavy atom. The number of nitrogens with one attached hydrogen (secondary N) is 1. The predicted octanol–water partition coefficient (Wildman–Crippen LogP) is 4.77. The highest BCUT2D eigenvalue weighted by Gasteiger charge is 2.31. The second kappa shape index (κ2) is 13.9. The van der Waals surface area contributed by atoms with Gasteiger partial charge in [-0.1, -0.05) is 78.9 Å². The summed E-state index contributed by atoms with van der Waals surface area (Å²) >= 11 is 0. The molecule has 35 heavy (non-hydrogen) atoms. The minimum absolute atomic E-state index is 0.145. The van der Waals surface area contributed by atoms with Crippen LogP contribution < -0.4 is 10.1 Å². The summed E-state index contributed by atoms with van der Waals surface area (Å²) in [6, 6.07) is 27.4. The van der Waals surface area contributed by atoms with E-state index in [1.807, 2.05) is 92.7 Å². The molecule has 6 nitrogen and oxygen atoms in total. The number of ether oxygens (including phenoxy) is 2. The number of rotatable bonds is 13. The van der Waals surface area contributed by atoms with E-state index in [2.05, 4.69) is 5.32 Å². The molecule has 6 heteroatoms. The Balaban J connectivity index is 1.81. The van der Waals surface area contributed by atoms with Crippen LogP contribution in [-0.2, 0) is 20.9 Å². The lowest BCUT2D eigenvalue weighted by Crippen LogP contribution is -2.45. The molecule has 3 rings (SSSR count). The summed E-state index contributed by atoms with van der Waals surface area (Å²) in [5.41, 5.74) is 1.67. The van der Waals surface area contributed by atoms with Crippen LogP contribution in [-0.4, -0.2) is 42.6 Å². The molecule has 0 spiro atoms. The van der Waals surface area contributed by atoms with Crippen LogP contribution in [0.2, 0.25) is 0 Å². The molecule has 0 unspecified atom stereocenters. The molecule has 0 aromatic heterocycles. The van der Waals surface area contributed by atoms with E-state index in [4.69, 9.17) is 9.47 Å². The summed E-state index contributed by atoms with van der Waals surface area (Å²) in [5, 5.41) is 3.00. The van der Waals surface area contributed by atoms with Gasteiger partial charge in [0.05, 0.1) is 6.10 Å². The molecule has 3 aromatic rings. The lowest BCUT2D eigenvalue weighted by molar-refractivity contribution is -0.143. The molecule has 3 aromatic carbocycles. The second-order valence-electron chi connectivity index (χ2n) is 8.49. The zero-order chi connectivity index (χ0) is 24.9. The zero-order valence-corrected chi connectivity index (χ0v) is 20.4. The minimum atomic E-state index is -0.797. The first-order chi connectivity index (χ1) is 17.0. The molecule has 0 radical (unpaired) electrons. The molecule has 0 aliphatic heterocycles. The van der Waals surface area contributed by atoms with Crippen LogP contribution in [0.25, 0.3) is 0 Å². The van der Waals surface area contributed by atoms with Crippen LogP contribution in [0, 0.1) is 0 Å². The van der Waals surface area contributed by atoms with Gasteiger partial charge in [-0.2, -0.15) is 0 Å². The second-order valence-corrected chi connectivity index (χ2v) is 8.49. The summed E-state index contributed by atoms with van der Waals surface area (Å²) < 4.78 is 11.3. The summed E-state index contributed by atoms with van der Waals surface area (Å²) in [6.07, 6.45) is 0.834. The van der Waals surface area contributed by atoms with Gasteiger partial charge in [-0.3, -0.25) is 9.59 Å². The Labute approximate surface area is 207 Å². The maximum Gasteiger partial charge on any atom is 0.261 e. The first kappa shape index (κ1) is 26.0. The van der Waals surface area contributed by atoms with E-state index in [0.29, 0.717) is 25.3 Å². The third-order valence-electron chi connectivity index (χ3n) is 5.37. The third-order valence-corrected chi connectivity index (χ3v) is 5.37. The van der Waals surface area contributed by atoms with Gasteiger partial charge in [0, 0.05) is 19.7 Å². The van der Waals surface area contributed by atoms with Crippen molar-refractivity contribution >= 4 is 11.8 Å². The van der Waals surface area contributed by atoms with E-state index >= 15 is 0 Å². The first-order valence-corrected chi connectivity index (χ1v) is 12.0. The summed E-state index contributed by atoms with van der Waals surface area (Å²) in [6.45, 7) is 5.09. The largest absolute Gasteiger partial charge is 0.484 e. The fourth-order valence-corrected chi connectivity index (χ4v) is 3.66. The Morgan fingerprint density at radius 3 is 2.09 bits per heavy atom. The standard InChI is InChI=1S/C29H34N2O4/c1-23(2)34-20-12-19-30-29(33)28(25-15-8-4-9-16-25)31(21-24-13-6-3-7-14-24)27(32)22-35-26-17-10-5-11-18-26/h3-11,13-18,23,28H,12,19-22H2,1-2H3,(H,30,33)/t28-/m0/s1. The molecule has 2 amide bonds. The molecule has 0 fully saturated rings. The van der Waals surface area contributed by atoms with Gasteiger partial charge in [-0.25, -0.2) is 0 Å². The fraction of sp³-hybridized carbons (Fsp3) is 0.310. The fourth-order valence-electron chi connectivity index (χ4n) is 3.66.